The van der Waals surface area contributed by atoms with Gasteiger partial charge in [0.2, 0.25) is 5.13 Å². The van der Waals surface area contributed by atoms with Gasteiger partial charge in [0, 0.05) is 35.2 Å². The molecule has 0 saturated heterocycles. The minimum atomic E-state index is 0.430. The molecule has 1 heterocycles. The first kappa shape index (κ1) is 14.2. The van der Waals surface area contributed by atoms with E-state index < -0.39 is 0 Å². The quantitative estimate of drug-likeness (QED) is 0.873. The van der Waals surface area contributed by atoms with Crippen LogP contribution in [0.15, 0.2) is 22.7 Å². The molecule has 0 bridgehead atoms. The summed E-state index contributed by atoms with van der Waals surface area (Å²) < 4.78 is 15.5. The Bertz CT molecular complexity index is 548. The minimum absolute atomic E-state index is 0.430. The van der Waals surface area contributed by atoms with Crippen LogP contribution >= 0.6 is 27.5 Å². The van der Waals surface area contributed by atoms with E-state index in [9.17, 15) is 0 Å². The number of halogens is 1. The molecule has 0 aliphatic carbocycles. The zero-order chi connectivity index (χ0) is 13.7. The average molecular weight is 344 g/mol. The van der Waals surface area contributed by atoms with Crippen LogP contribution in [0, 0.1) is 0 Å². The van der Waals surface area contributed by atoms with Crippen molar-refractivity contribution < 1.29 is 9.47 Å². The molecule has 0 aliphatic rings. The van der Waals surface area contributed by atoms with Gasteiger partial charge in [0.15, 0.2) is 5.82 Å². The first-order valence-corrected chi connectivity index (χ1v) is 7.17. The van der Waals surface area contributed by atoms with Crippen LogP contribution in [-0.4, -0.2) is 23.6 Å². The number of rotatable bonds is 6. The maximum absolute atomic E-state index is 5.34. The van der Waals surface area contributed by atoms with Crippen molar-refractivity contribution in [3.8, 4) is 5.75 Å². The average Bonchev–Trinajstić information content (AvgIpc) is 2.85. The van der Waals surface area contributed by atoms with E-state index in [0.29, 0.717) is 19.0 Å². The van der Waals surface area contributed by atoms with E-state index in [1.54, 1.807) is 14.2 Å². The van der Waals surface area contributed by atoms with E-state index in [2.05, 4.69) is 30.6 Å². The minimum Gasteiger partial charge on any atom is -0.496 e. The molecule has 0 amide bonds. The summed E-state index contributed by atoms with van der Waals surface area (Å²) in [6, 6.07) is 5.93. The maximum atomic E-state index is 5.34. The van der Waals surface area contributed by atoms with Crippen molar-refractivity contribution in [1.82, 2.24) is 9.36 Å². The summed E-state index contributed by atoms with van der Waals surface area (Å²) in [4.78, 5) is 4.31. The van der Waals surface area contributed by atoms with Crippen LogP contribution in [0.5, 0.6) is 5.75 Å². The van der Waals surface area contributed by atoms with E-state index in [4.69, 9.17) is 9.47 Å². The summed E-state index contributed by atoms with van der Waals surface area (Å²) in [5.74, 6) is 1.53. The second-order valence-corrected chi connectivity index (χ2v) is 5.43. The van der Waals surface area contributed by atoms with Crippen molar-refractivity contribution in [2.45, 2.75) is 13.2 Å². The van der Waals surface area contributed by atoms with Gasteiger partial charge in [-0.3, -0.25) is 0 Å². The van der Waals surface area contributed by atoms with Gasteiger partial charge >= 0.3 is 0 Å². The van der Waals surface area contributed by atoms with Gasteiger partial charge in [-0.15, -0.1) is 0 Å². The van der Waals surface area contributed by atoms with Crippen molar-refractivity contribution in [2.24, 2.45) is 0 Å². The summed E-state index contributed by atoms with van der Waals surface area (Å²) >= 11 is 4.74. The molecule has 0 spiro atoms. The Balaban J connectivity index is 2.01. The molecule has 102 valence electrons. The van der Waals surface area contributed by atoms with Gasteiger partial charge in [-0.25, -0.2) is 4.98 Å². The third kappa shape index (κ3) is 3.89. The number of ether oxygens (including phenoxy) is 2. The summed E-state index contributed by atoms with van der Waals surface area (Å²) in [6.45, 7) is 1.07. The van der Waals surface area contributed by atoms with Crippen LogP contribution in [0.25, 0.3) is 0 Å². The van der Waals surface area contributed by atoms with Gasteiger partial charge in [-0.1, -0.05) is 22.0 Å². The molecule has 19 heavy (non-hydrogen) atoms. The standard InChI is InChI=1S/C12H14BrN3O2S/c1-17-7-11-15-12(19-16-11)14-6-8-3-4-9(13)5-10(8)18-2/h3-5H,6-7H2,1-2H3,(H,14,15,16). The number of nitrogens with one attached hydrogen (secondary N) is 1. The van der Waals surface area contributed by atoms with E-state index in [-0.39, 0.29) is 0 Å². The summed E-state index contributed by atoms with van der Waals surface area (Å²) in [7, 11) is 3.29. The van der Waals surface area contributed by atoms with Crippen molar-refractivity contribution in [3.63, 3.8) is 0 Å². The summed E-state index contributed by atoms with van der Waals surface area (Å²) in [5.41, 5.74) is 1.06. The largest absolute Gasteiger partial charge is 0.496 e. The van der Waals surface area contributed by atoms with Crippen molar-refractivity contribution in [2.75, 3.05) is 19.5 Å². The molecule has 0 aliphatic heterocycles. The molecule has 1 aromatic heterocycles. The molecule has 5 nitrogen and oxygen atoms in total. The molecular weight excluding hydrogens is 330 g/mol. The van der Waals surface area contributed by atoms with E-state index in [0.717, 1.165) is 20.9 Å². The van der Waals surface area contributed by atoms with Crippen molar-refractivity contribution >= 4 is 32.6 Å². The second kappa shape index (κ2) is 6.83. The molecule has 0 atom stereocenters. The molecule has 0 saturated carbocycles. The molecule has 0 unspecified atom stereocenters. The fourth-order valence-electron chi connectivity index (χ4n) is 1.55. The predicted octanol–water partition coefficient (Wildman–Crippen LogP) is 3.07. The highest BCUT2D eigenvalue weighted by Crippen LogP contribution is 2.24. The third-order valence-corrected chi connectivity index (χ3v) is 3.62. The maximum Gasteiger partial charge on any atom is 0.202 e. The zero-order valence-electron chi connectivity index (χ0n) is 10.6. The van der Waals surface area contributed by atoms with Gasteiger partial charge in [-0.05, 0) is 12.1 Å². The summed E-state index contributed by atoms with van der Waals surface area (Å²) in [5, 5.41) is 4.00. The molecule has 7 heteroatoms. The lowest BCUT2D eigenvalue weighted by Crippen LogP contribution is -2.01. The fourth-order valence-corrected chi connectivity index (χ4v) is 2.46. The molecule has 1 N–H and O–H groups in total. The topological polar surface area (TPSA) is 56.3 Å². The van der Waals surface area contributed by atoms with Crippen LogP contribution in [-0.2, 0) is 17.9 Å². The Morgan fingerprint density at radius 1 is 1.37 bits per heavy atom. The molecule has 0 radical (unpaired) electrons. The van der Waals surface area contributed by atoms with Crippen LogP contribution in [0.1, 0.15) is 11.4 Å². The SMILES string of the molecule is COCc1nsc(NCc2ccc(Br)cc2OC)n1. The summed E-state index contributed by atoms with van der Waals surface area (Å²) in [6.07, 6.45) is 0. The lowest BCUT2D eigenvalue weighted by atomic mass is 10.2. The van der Waals surface area contributed by atoms with Crippen LogP contribution in [0.3, 0.4) is 0 Å². The first-order chi connectivity index (χ1) is 9.22. The molecular formula is C12H14BrN3O2S. The Morgan fingerprint density at radius 3 is 2.95 bits per heavy atom. The predicted molar refractivity (Wildman–Crippen MR) is 78.6 cm³/mol. The Hall–Kier alpha value is -1.18. The zero-order valence-corrected chi connectivity index (χ0v) is 13.0. The lowest BCUT2D eigenvalue weighted by molar-refractivity contribution is 0.179. The number of nitrogens with zero attached hydrogens (tertiary/aromatic N) is 2. The van der Waals surface area contributed by atoms with Crippen LogP contribution in [0.4, 0.5) is 5.13 Å². The molecule has 1 aromatic carbocycles. The van der Waals surface area contributed by atoms with E-state index in [1.165, 1.54) is 11.5 Å². The monoisotopic (exact) mass is 343 g/mol. The second-order valence-electron chi connectivity index (χ2n) is 3.76. The highest BCUT2D eigenvalue weighted by molar-refractivity contribution is 9.10. The highest BCUT2D eigenvalue weighted by atomic mass is 79.9. The Morgan fingerprint density at radius 2 is 2.21 bits per heavy atom. The van der Waals surface area contributed by atoms with Gasteiger partial charge in [0.25, 0.3) is 0 Å². The number of benzene rings is 1. The van der Waals surface area contributed by atoms with E-state index in [1.807, 2.05) is 18.2 Å². The van der Waals surface area contributed by atoms with Gasteiger partial charge in [-0.2, -0.15) is 4.37 Å². The number of aromatic nitrogens is 2. The highest BCUT2D eigenvalue weighted by Gasteiger charge is 2.06. The Labute approximate surface area is 124 Å². The number of hydrogen-bond acceptors (Lipinski definition) is 6. The van der Waals surface area contributed by atoms with Crippen LogP contribution < -0.4 is 10.1 Å². The smallest absolute Gasteiger partial charge is 0.202 e. The van der Waals surface area contributed by atoms with Crippen molar-refractivity contribution in [1.29, 1.82) is 0 Å². The third-order valence-electron chi connectivity index (χ3n) is 2.42. The van der Waals surface area contributed by atoms with Crippen molar-refractivity contribution in [3.05, 3.63) is 34.1 Å². The number of hydrogen-bond donors (Lipinski definition) is 1. The molecule has 2 rings (SSSR count). The molecule has 2 aromatic rings. The van der Waals surface area contributed by atoms with Gasteiger partial charge < -0.3 is 14.8 Å². The number of anilines is 1. The normalized spacial score (nSPS) is 10.5. The fraction of sp³-hybridized carbons (Fsp3) is 0.333. The Kier molecular flexibility index (Phi) is 5.12. The van der Waals surface area contributed by atoms with E-state index >= 15 is 0 Å². The lowest BCUT2D eigenvalue weighted by Gasteiger charge is -2.09. The number of methoxy groups -OCH3 is 2. The van der Waals surface area contributed by atoms with Crippen LogP contribution in [0.2, 0.25) is 0 Å². The van der Waals surface area contributed by atoms with Gasteiger partial charge in [0.05, 0.1) is 7.11 Å². The molecule has 0 fully saturated rings. The first-order valence-electron chi connectivity index (χ1n) is 5.60. The van der Waals surface area contributed by atoms with Gasteiger partial charge in [0.1, 0.15) is 12.4 Å².